The van der Waals surface area contributed by atoms with Gasteiger partial charge in [0.05, 0.1) is 6.20 Å². The summed E-state index contributed by atoms with van der Waals surface area (Å²) in [6.07, 6.45) is 13.0. The van der Waals surface area contributed by atoms with E-state index in [2.05, 4.69) is 69.3 Å². The van der Waals surface area contributed by atoms with Crippen LogP contribution in [0.2, 0.25) is 0 Å². The van der Waals surface area contributed by atoms with Crippen LogP contribution < -0.4 is 16.0 Å². The van der Waals surface area contributed by atoms with Crippen molar-refractivity contribution in [1.82, 2.24) is 20.2 Å². The first kappa shape index (κ1) is 26.9. The predicted octanol–water partition coefficient (Wildman–Crippen LogP) is 5.36. The summed E-state index contributed by atoms with van der Waals surface area (Å²) in [5, 5.41) is 21.0. The van der Waals surface area contributed by atoms with Crippen LogP contribution in [0.25, 0.3) is 0 Å². The molecule has 0 amide bonds. The molecule has 1 aliphatic heterocycles. The lowest BCUT2D eigenvalue weighted by Gasteiger charge is -2.61. The first-order valence-corrected chi connectivity index (χ1v) is 16.2. The van der Waals surface area contributed by atoms with Crippen molar-refractivity contribution in [3.8, 4) is 6.07 Å². The lowest BCUT2D eigenvalue weighted by molar-refractivity contribution is -0.0734. The van der Waals surface area contributed by atoms with Gasteiger partial charge in [-0.2, -0.15) is 10.2 Å². The summed E-state index contributed by atoms with van der Waals surface area (Å²) in [5.74, 6) is 3.67. The van der Waals surface area contributed by atoms with Gasteiger partial charge in [0.1, 0.15) is 17.5 Å². The summed E-state index contributed by atoms with van der Waals surface area (Å²) in [6.45, 7) is 7.51. The summed E-state index contributed by atoms with van der Waals surface area (Å²) in [6, 6.07) is 12.1. The van der Waals surface area contributed by atoms with Crippen LogP contribution in [0.15, 0.2) is 35.4 Å². The molecule has 4 saturated carbocycles. The molecule has 2 heterocycles. The van der Waals surface area contributed by atoms with Gasteiger partial charge in [-0.3, -0.25) is 0 Å². The van der Waals surface area contributed by atoms with Gasteiger partial charge in [0.15, 0.2) is 0 Å². The van der Waals surface area contributed by atoms with Gasteiger partial charge in [0.25, 0.3) is 0 Å². The molecule has 7 nitrogen and oxygen atoms in total. The lowest BCUT2D eigenvalue weighted by atomic mass is 9.48. The normalized spacial score (nSPS) is 30.3. The maximum atomic E-state index is 9.76. The van der Waals surface area contributed by atoms with Crippen molar-refractivity contribution in [3.63, 3.8) is 0 Å². The number of aromatic nitrogens is 2. The van der Waals surface area contributed by atoms with Gasteiger partial charge in [-0.05, 0) is 106 Å². The topological polar surface area (TPSA) is 88.9 Å². The fourth-order valence-corrected chi connectivity index (χ4v) is 8.96. The molecule has 4 aliphatic carbocycles. The van der Waals surface area contributed by atoms with Crippen molar-refractivity contribution in [1.29, 1.82) is 5.26 Å². The van der Waals surface area contributed by atoms with E-state index in [4.69, 9.17) is 4.98 Å². The van der Waals surface area contributed by atoms with Crippen molar-refractivity contribution in [2.24, 2.45) is 23.2 Å². The zero-order valence-electron chi connectivity index (χ0n) is 23.5. The van der Waals surface area contributed by atoms with E-state index in [0.29, 0.717) is 41.4 Å². The van der Waals surface area contributed by atoms with Crippen molar-refractivity contribution in [3.05, 3.63) is 41.6 Å². The van der Waals surface area contributed by atoms with E-state index < -0.39 is 0 Å². The minimum Gasteiger partial charge on any atom is -0.368 e. The largest absolute Gasteiger partial charge is 0.368 e. The third kappa shape index (κ3) is 5.77. The van der Waals surface area contributed by atoms with Crippen LogP contribution in [-0.4, -0.2) is 59.4 Å². The van der Waals surface area contributed by atoms with E-state index in [0.717, 1.165) is 24.3 Å². The molecule has 2 aromatic rings. The predicted molar refractivity (Wildman–Crippen MR) is 159 cm³/mol. The molecule has 4 bridgehead atoms. The number of nitrogens with one attached hydrogen (secondary N) is 3. The molecule has 208 valence electrons. The molecule has 5 fully saturated rings. The maximum absolute atomic E-state index is 9.76. The highest BCUT2D eigenvalue weighted by atomic mass is 32.2. The van der Waals surface area contributed by atoms with Crippen LogP contribution in [0.4, 0.5) is 11.8 Å². The van der Waals surface area contributed by atoms with Gasteiger partial charge >= 0.3 is 0 Å². The van der Waals surface area contributed by atoms with Gasteiger partial charge in [-0.25, -0.2) is 4.98 Å². The van der Waals surface area contributed by atoms with Gasteiger partial charge in [0.2, 0.25) is 5.95 Å². The Kier molecular flexibility index (Phi) is 8.02. The Balaban J connectivity index is 1.09. The van der Waals surface area contributed by atoms with Crippen LogP contribution in [0.5, 0.6) is 0 Å². The Bertz CT molecular complexity index is 1170. The molecule has 39 heavy (non-hydrogen) atoms. The molecule has 1 saturated heterocycles. The van der Waals surface area contributed by atoms with E-state index in [-0.39, 0.29) is 0 Å². The second kappa shape index (κ2) is 11.6. The molecule has 3 N–H and O–H groups in total. The first-order chi connectivity index (χ1) is 19.1. The average Bonchev–Trinajstić information content (AvgIpc) is 2.97. The van der Waals surface area contributed by atoms with E-state index >= 15 is 0 Å². The van der Waals surface area contributed by atoms with Crippen LogP contribution in [-0.2, 0) is 6.54 Å². The quantitative estimate of drug-likeness (QED) is 0.344. The highest BCUT2D eigenvalue weighted by Gasteiger charge is 2.55. The zero-order chi connectivity index (χ0) is 26.8. The van der Waals surface area contributed by atoms with Gasteiger partial charge in [-0.1, -0.05) is 25.1 Å². The average molecular weight is 546 g/mol. The minimum absolute atomic E-state index is 0.322. The van der Waals surface area contributed by atoms with E-state index in [1.807, 2.05) is 0 Å². The smallest absolute Gasteiger partial charge is 0.224 e. The number of piperidine rings is 1. The van der Waals surface area contributed by atoms with Crippen molar-refractivity contribution >= 4 is 23.5 Å². The molecule has 7 rings (SSSR count). The van der Waals surface area contributed by atoms with Crippen LogP contribution in [0.3, 0.4) is 0 Å². The minimum atomic E-state index is 0.322. The number of nitriles is 1. The number of likely N-dealkylation sites (tertiary alicyclic amines) is 1. The first-order valence-electron chi connectivity index (χ1n) is 14.9. The fourth-order valence-electron chi connectivity index (χ4n) is 8.35. The molecule has 5 atom stereocenters. The van der Waals surface area contributed by atoms with Gasteiger partial charge in [-0.15, -0.1) is 11.8 Å². The summed E-state index contributed by atoms with van der Waals surface area (Å²) in [5.41, 5.74) is 2.07. The van der Waals surface area contributed by atoms with E-state index in [1.165, 1.54) is 75.0 Å². The SMILES string of the molecule is CCN1CCC(N[C@@H]2[C@@H]3CC4C[C@H]2C[C@@](CNc2nc(NCc5ccccc5SC)ncc2C#N)(C4)C3)CC1. The maximum Gasteiger partial charge on any atom is 0.224 e. The van der Waals surface area contributed by atoms with Gasteiger partial charge in [0, 0.05) is 30.1 Å². The Hall–Kier alpha value is -2.34. The lowest BCUT2D eigenvalue weighted by Crippen LogP contribution is -2.61. The van der Waals surface area contributed by atoms with Crippen molar-refractivity contribution in [2.75, 3.05) is 43.1 Å². The summed E-state index contributed by atoms with van der Waals surface area (Å²) >= 11 is 1.74. The van der Waals surface area contributed by atoms with Crippen LogP contribution in [0, 0.1) is 34.5 Å². The third-order valence-electron chi connectivity index (χ3n) is 10.0. The van der Waals surface area contributed by atoms with Gasteiger partial charge < -0.3 is 20.9 Å². The Labute approximate surface area is 237 Å². The number of hydrogen-bond acceptors (Lipinski definition) is 8. The molecule has 1 aromatic carbocycles. The highest BCUT2D eigenvalue weighted by molar-refractivity contribution is 7.98. The van der Waals surface area contributed by atoms with Crippen molar-refractivity contribution in [2.45, 2.75) is 75.4 Å². The molecular formula is C31H43N7S. The number of hydrogen-bond donors (Lipinski definition) is 3. The second-order valence-corrected chi connectivity index (χ2v) is 13.3. The van der Waals surface area contributed by atoms with Crippen molar-refractivity contribution < 1.29 is 0 Å². The summed E-state index contributed by atoms with van der Waals surface area (Å²) in [4.78, 5) is 13.0. The molecule has 1 unspecified atom stereocenters. The third-order valence-corrected chi connectivity index (χ3v) is 10.9. The summed E-state index contributed by atoms with van der Waals surface area (Å²) < 4.78 is 0. The van der Waals surface area contributed by atoms with Crippen LogP contribution in [0.1, 0.15) is 63.0 Å². The standard InChI is InChI=1S/C31H43N7S/c1-3-38-10-8-26(9-11-38)36-28-23-12-21-13-24(28)16-31(14-21,15-23)20-35-29-25(17-32)19-34-30(37-29)33-18-22-6-4-5-7-27(22)39-2/h4-7,19,21,23-24,26,28,36H,3,8-16,18,20H2,1-2H3,(H2,33,34,35,37)/t21?,23-,24+,28-,31-. The summed E-state index contributed by atoms with van der Waals surface area (Å²) in [7, 11) is 0. The highest BCUT2D eigenvalue weighted by Crippen LogP contribution is 2.60. The van der Waals surface area contributed by atoms with Crippen LogP contribution >= 0.6 is 11.8 Å². The molecule has 0 radical (unpaired) electrons. The monoisotopic (exact) mass is 545 g/mol. The van der Waals surface area contributed by atoms with E-state index in [9.17, 15) is 5.26 Å². The zero-order valence-corrected chi connectivity index (χ0v) is 24.3. The number of anilines is 2. The number of benzene rings is 1. The Morgan fingerprint density at radius 1 is 1.10 bits per heavy atom. The molecule has 5 aliphatic rings. The second-order valence-electron chi connectivity index (χ2n) is 12.5. The van der Waals surface area contributed by atoms with E-state index in [1.54, 1.807) is 18.0 Å². The molecule has 1 aromatic heterocycles. The Morgan fingerprint density at radius 2 is 1.87 bits per heavy atom. The molecule has 8 heteroatoms. The number of thioether (sulfide) groups is 1. The number of nitrogens with zero attached hydrogens (tertiary/aromatic N) is 4. The number of rotatable bonds is 10. The fraction of sp³-hybridized carbons (Fsp3) is 0.645. The molecular weight excluding hydrogens is 502 g/mol. The molecule has 0 spiro atoms. The Morgan fingerprint density at radius 3 is 2.59 bits per heavy atom.